The number of ketones is 1. The van der Waals surface area contributed by atoms with E-state index < -0.39 is 0 Å². The van der Waals surface area contributed by atoms with Crippen molar-refractivity contribution in [3.63, 3.8) is 0 Å². The number of hydrogen-bond donors (Lipinski definition) is 2. The second-order valence-electron chi connectivity index (χ2n) is 7.87. The molecule has 0 spiro atoms. The van der Waals surface area contributed by atoms with Crippen molar-refractivity contribution in [3.8, 4) is 5.75 Å². The lowest BCUT2D eigenvalue weighted by atomic mass is 9.98. The molecule has 1 heterocycles. The highest BCUT2D eigenvalue weighted by atomic mass is 16.3. The third kappa shape index (κ3) is 7.99. The smallest absolute Gasteiger partial charge is 0.220 e. The molecule has 0 atom stereocenters. The number of pyridine rings is 1. The summed E-state index contributed by atoms with van der Waals surface area (Å²) in [6.45, 7) is 10.3. The van der Waals surface area contributed by atoms with Crippen LogP contribution in [-0.4, -0.2) is 21.8 Å². The van der Waals surface area contributed by atoms with Crippen LogP contribution in [0.25, 0.3) is 5.57 Å². The number of nitrogens with zero attached hydrogens (tertiary/aromatic N) is 1. The molecule has 0 aliphatic heterocycles. The average molecular weight is 433 g/mol. The van der Waals surface area contributed by atoms with E-state index >= 15 is 0 Å². The van der Waals surface area contributed by atoms with Crippen molar-refractivity contribution < 1.29 is 14.7 Å². The van der Waals surface area contributed by atoms with Gasteiger partial charge in [0.05, 0.1) is 0 Å². The number of rotatable bonds is 11. The van der Waals surface area contributed by atoms with Crippen LogP contribution in [0.1, 0.15) is 56.7 Å². The quantitative estimate of drug-likeness (QED) is 0.472. The minimum atomic E-state index is -0.155. The van der Waals surface area contributed by atoms with Crippen molar-refractivity contribution in [2.75, 3.05) is 0 Å². The van der Waals surface area contributed by atoms with E-state index in [1.165, 1.54) is 0 Å². The Labute approximate surface area is 190 Å². The number of aryl methyl sites for hydroxylation is 1. The highest BCUT2D eigenvalue weighted by Crippen LogP contribution is 2.24. The van der Waals surface area contributed by atoms with Gasteiger partial charge in [-0.2, -0.15) is 0 Å². The molecule has 32 heavy (non-hydrogen) atoms. The molecule has 1 aromatic carbocycles. The summed E-state index contributed by atoms with van der Waals surface area (Å²) < 4.78 is 0. The lowest BCUT2D eigenvalue weighted by molar-refractivity contribution is -0.125. The molecule has 5 heteroatoms. The molecule has 0 saturated carbocycles. The molecule has 2 aromatic rings. The summed E-state index contributed by atoms with van der Waals surface area (Å²) in [6, 6.07) is 9.27. The number of aromatic nitrogens is 1. The Morgan fingerprint density at radius 3 is 2.59 bits per heavy atom. The van der Waals surface area contributed by atoms with Crippen molar-refractivity contribution in [3.05, 3.63) is 89.3 Å². The van der Waals surface area contributed by atoms with E-state index in [0.717, 1.165) is 39.8 Å². The molecular weight excluding hydrogens is 400 g/mol. The van der Waals surface area contributed by atoms with E-state index in [0.29, 0.717) is 12.3 Å². The topological polar surface area (TPSA) is 79.3 Å². The van der Waals surface area contributed by atoms with Gasteiger partial charge in [0.25, 0.3) is 0 Å². The molecule has 0 fully saturated rings. The first-order chi connectivity index (χ1) is 15.3. The normalized spacial score (nSPS) is 11.8. The number of allylic oxidation sites excluding steroid dienone is 5. The minimum Gasteiger partial charge on any atom is -0.508 e. The SMILES string of the molecule is C=C(C)/C(=C\C=C(/C)c1ccc(O)c(CC)c1)CC(=O)CCC(=O)NCc1cccnc1. The van der Waals surface area contributed by atoms with E-state index in [1.807, 2.05) is 57.2 Å². The van der Waals surface area contributed by atoms with Gasteiger partial charge in [-0.3, -0.25) is 14.6 Å². The number of carbonyl (C=O) groups excluding carboxylic acids is 2. The lowest BCUT2D eigenvalue weighted by Gasteiger charge is -2.08. The minimum absolute atomic E-state index is 0.000247. The first-order valence-electron chi connectivity index (χ1n) is 10.8. The van der Waals surface area contributed by atoms with Crippen molar-refractivity contribution in [1.29, 1.82) is 0 Å². The fourth-order valence-corrected chi connectivity index (χ4v) is 3.13. The second kappa shape index (κ2) is 12.4. The number of amides is 1. The number of nitrogens with one attached hydrogen (secondary N) is 1. The standard InChI is InChI=1S/C27H32N2O3/c1-5-22-15-24(10-12-26(22)31)20(4)8-9-23(19(2)3)16-25(30)11-13-27(32)29-18-21-7-6-14-28-17-21/h6-10,12,14-15,17,31H,2,5,11,13,16,18H2,1,3-4H3,(H,29,32)/b20-8+,23-9-. The van der Waals surface area contributed by atoms with Gasteiger partial charge in [0.1, 0.15) is 11.5 Å². The van der Waals surface area contributed by atoms with Gasteiger partial charge in [-0.05, 0) is 66.3 Å². The average Bonchev–Trinajstić information content (AvgIpc) is 2.79. The van der Waals surface area contributed by atoms with Crippen LogP contribution in [0.5, 0.6) is 5.75 Å². The van der Waals surface area contributed by atoms with Gasteiger partial charge in [0, 0.05) is 38.2 Å². The Morgan fingerprint density at radius 2 is 1.94 bits per heavy atom. The van der Waals surface area contributed by atoms with Crippen molar-refractivity contribution in [1.82, 2.24) is 10.3 Å². The first-order valence-corrected chi connectivity index (χ1v) is 10.8. The van der Waals surface area contributed by atoms with Crippen molar-refractivity contribution in [2.45, 2.75) is 53.0 Å². The zero-order valence-corrected chi connectivity index (χ0v) is 19.1. The third-order valence-corrected chi connectivity index (χ3v) is 5.23. The lowest BCUT2D eigenvalue weighted by Crippen LogP contribution is -2.23. The number of benzene rings is 1. The van der Waals surface area contributed by atoms with E-state index in [-0.39, 0.29) is 31.0 Å². The van der Waals surface area contributed by atoms with Crippen LogP contribution in [0.3, 0.4) is 0 Å². The molecule has 0 aliphatic carbocycles. The molecule has 168 valence electrons. The molecule has 0 aliphatic rings. The van der Waals surface area contributed by atoms with Crippen LogP contribution >= 0.6 is 0 Å². The molecule has 0 saturated heterocycles. The molecule has 2 N–H and O–H groups in total. The Balaban J connectivity index is 1.93. The first kappa shape index (κ1) is 24.8. The largest absolute Gasteiger partial charge is 0.508 e. The third-order valence-electron chi connectivity index (χ3n) is 5.23. The summed E-state index contributed by atoms with van der Waals surface area (Å²) in [5, 5.41) is 12.7. The summed E-state index contributed by atoms with van der Waals surface area (Å²) in [4.78, 5) is 28.5. The van der Waals surface area contributed by atoms with Gasteiger partial charge in [0.15, 0.2) is 0 Å². The zero-order chi connectivity index (χ0) is 23.5. The van der Waals surface area contributed by atoms with E-state index in [2.05, 4.69) is 16.9 Å². The van der Waals surface area contributed by atoms with Crippen LogP contribution in [0.15, 0.2) is 72.6 Å². The number of carbonyl (C=O) groups is 2. The Hall–Kier alpha value is -3.47. The molecule has 2 rings (SSSR count). The fourth-order valence-electron chi connectivity index (χ4n) is 3.13. The summed E-state index contributed by atoms with van der Waals surface area (Å²) >= 11 is 0. The molecule has 1 aromatic heterocycles. The summed E-state index contributed by atoms with van der Waals surface area (Å²) in [7, 11) is 0. The summed E-state index contributed by atoms with van der Waals surface area (Å²) in [5.74, 6) is 0.148. The maximum absolute atomic E-state index is 12.5. The van der Waals surface area contributed by atoms with Crippen LogP contribution in [0, 0.1) is 0 Å². The molecule has 0 radical (unpaired) electrons. The van der Waals surface area contributed by atoms with Gasteiger partial charge >= 0.3 is 0 Å². The summed E-state index contributed by atoms with van der Waals surface area (Å²) in [5.41, 5.74) is 5.54. The van der Waals surface area contributed by atoms with Crippen LogP contribution in [-0.2, 0) is 22.6 Å². The second-order valence-corrected chi connectivity index (χ2v) is 7.87. The van der Waals surface area contributed by atoms with E-state index in [9.17, 15) is 14.7 Å². The van der Waals surface area contributed by atoms with Gasteiger partial charge in [-0.1, -0.05) is 43.4 Å². The molecule has 0 unspecified atom stereocenters. The Kier molecular flexibility index (Phi) is 9.61. The Morgan fingerprint density at radius 1 is 1.16 bits per heavy atom. The predicted molar refractivity (Wildman–Crippen MR) is 129 cm³/mol. The molecule has 1 amide bonds. The van der Waals surface area contributed by atoms with Crippen molar-refractivity contribution in [2.24, 2.45) is 0 Å². The maximum atomic E-state index is 12.5. The number of aromatic hydroxyl groups is 1. The zero-order valence-electron chi connectivity index (χ0n) is 19.1. The van der Waals surface area contributed by atoms with Gasteiger partial charge in [-0.15, -0.1) is 0 Å². The molecule has 5 nitrogen and oxygen atoms in total. The molecular formula is C27H32N2O3. The van der Waals surface area contributed by atoms with E-state index in [4.69, 9.17) is 0 Å². The molecule has 0 bridgehead atoms. The fraction of sp³-hybridized carbons (Fsp3) is 0.296. The number of phenols is 1. The maximum Gasteiger partial charge on any atom is 0.220 e. The van der Waals surface area contributed by atoms with Gasteiger partial charge < -0.3 is 10.4 Å². The number of hydrogen-bond acceptors (Lipinski definition) is 4. The summed E-state index contributed by atoms with van der Waals surface area (Å²) in [6.07, 6.45) is 8.59. The van der Waals surface area contributed by atoms with Crippen LogP contribution in [0.2, 0.25) is 0 Å². The van der Waals surface area contributed by atoms with Gasteiger partial charge in [0.2, 0.25) is 5.91 Å². The number of phenolic OH excluding ortho intramolecular Hbond substituents is 1. The van der Waals surface area contributed by atoms with Crippen molar-refractivity contribution >= 4 is 17.3 Å². The van der Waals surface area contributed by atoms with Gasteiger partial charge in [-0.25, -0.2) is 0 Å². The van der Waals surface area contributed by atoms with E-state index in [1.54, 1.807) is 18.5 Å². The Bertz CT molecular complexity index is 1020. The predicted octanol–water partition coefficient (Wildman–Crippen LogP) is 5.31. The van der Waals surface area contributed by atoms with Crippen LogP contribution < -0.4 is 5.32 Å². The van der Waals surface area contributed by atoms with Crippen LogP contribution in [0.4, 0.5) is 0 Å². The highest BCUT2D eigenvalue weighted by molar-refractivity contribution is 5.87. The highest BCUT2D eigenvalue weighted by Gasteiger charge is 2.10. The number of Topliss-reactive ketones (excluding diaryl/α,β-unsaturated/α-hetero) is 1. The monoisotopic (exact) mass is 432 g/mol.